The fourth-order valence-electron chi connectivity index (χ4n) is 5.14. The lowest BCUT2D eigenvalue weighted by atomic mass is 10.0. The van der Waals surface area contributed by atoms with E-state index in [9.17, 15) is 9.59 Å². The van der Waals surface area contributed by atoms with Gasteiger partial charge in [0.05, 0.1) is 0 Å². The normalized spacial score (nSPS) is 20.5. The largest absolute Gasteiger partial charge is 0.350 e. The maximum Gasteiger partial charge on any atom is 0.252 e. The van der Waals surface area contributed by atoms with Gasteiger partial charge >= 0.3 is 0 Å². The van der Waals surface area contributed by atoms with Crippen molar-refractivity contribution in [1.29, 1.82) is 0 Å². The summed E-state index contributed by atoms with van der Waals surface area (Å²) >= 11 is 6.09. The number of nitrogens with one attached hydrogen (secondary N) is 2. The molecule has 0 aromatic heterocycles. The molecule has 2 atom stereocenters. The fourth-order valence-corrected chi connectivity index (χ4v) is 5.32. The van der Waals surface area contributed by atoms with Crippen molar-refractivity contribution in [3.8, 4) is 12.0 Å². The molecule has 2 aromatic carbocycles. The second-order valence-corrected chi connectivity index (χ2v) is 10.7. The first-order chi connectivity index (χ1) is 18.0. The summed E-state index contributed by atoms with van der Waals surface area (Å²) < 4.78 is 0. The molecule has 2 fully saturated rings. The van der Waals surface area contributed by atoms with Crippen LogP contribution in [0.4, 0.5) is 0 Å². The molecule has 2 heterocycles. The van der Waals surface area contributed by atoms with Gasteiger partial charge in [-0.1, -0.05) is 56.3 Å². The molecule has 2 amide bonds. The highest BCUT2D eigenvalue weighted by atomic mass is 35.5. The molecule has 0 saturated carbocycles. The van der Waals surface area contributed by atoms with Gasteiger partial charge in [-0.15, -0.1) is 0 Å². The van der Waals surface area contributed by atoms with Crippen LogP contribution in [0.1, 0.15) is 62.7 Å². The zero-order chi connectivity index (χ0) is 26.2. The molecule has 0 spiro atoms. The molecule has 4 rings (SSSR count). The SMILES string of the molecule is CCC(CC)CN1CC[C@@H](CNC(=O)c2ccc3cc(Cl)ccc3c2)N[C@@H](C#CN2CCCCC2)C1=O. The van der Waals surface area contributed by atoms with E-state index >= 15 is 0 Å². The third kappa shape index (κ3) is 7.40. The van der Waals surface area contributed by atoms with Gasteiger partial charge in [-0.3, -0.25) is 14.9 Å². The molecule has 0 unspecified atom stereocenters. The minimum atomic E-state index is -0.564. The molecule has 37 heavy (non-hydrogen) atoms. The topological polar surface area (TPSA) is 64.7 Å². The Bertz CT molecular complexity index is 1150. The number of hydrogen-bond acceptors (Lipinski definition) is 4. The molecule has 0 radical (unpaired) electrons. The van der Waals surface area contributed by atoms with Crippen molar-refractivity contribution in [2.75, 3.05) is 32.7 Å². The molecule has 0 aliphatic carbocycles. The Hall–Kier alpha value is -2.75. The number of hydrogen-bond donors (Lipinski definition) is 2. The van der Waals surface area contributed by atoms with E-state index in [1.165, 1.54) is 6.42 Å². The Morgan fingerprint density at radius 1 is 1.08 bits per heavy atom. The Kier molecular flexibility index (Phi) is 9.71. The van der Waals surface area contributed by atoms with Crippen LogP contribution >= 0.6 is 11.6 Å². The smallest absolute Gasteiger partial charge is 0.252 e. The van der Waals surface area contributed by atoms with Crippen LogP contribution in [0, 0.1) is 17.9 Å². The number of amides is 2. The van der Waals surface area contributed by atoms with Crippen LogP contribution < -0.4 is 10.6 Å². The fraction of sp³-hybridized carbons (Fsp3) is 0.533. The van der Waals surface area contributed by atoms with Crippen LogP contribution in [0.25, 0.3) is 10.8 Å². The van der Waals surface area contributed by atoms with Crippen molar-refractivity contribution in [2.45, 2.75) is 64.5 Å². The number of rotatable bonds is 7. The van der Waals surface area contributed by atoms with E-state index < -0.39 is 6.04 Å². The van der Waals surface area contributed by atoms with Crippen molar-refractivity contribution in [2.24, 2.45) is 5.92 Å². The summed E-state index contributed by atoms with van der Waals surface area (Å²) in [4.78, 5) is 30.6. The predicted octanol–water partition coefficient (Wildman–Crippen LogP) is 4.67. The van der Waals surface area contributed by atoms with Gasteiger partial charge < -0.3 is 15.1 Å². The zero-order valence-electron chi connectivity index (χ0n) is 22.1. The van der Waals surface area contributed by atoms with E-state index in [0.29, 0.717) is 29.6 Å². The van der Waals surface area contributed by atoms with E-state index in [1.807, 2.05) is 41.3 Å². The summed E-state index contributed by atoms with van der Waals surface area (Å²) in [5, 5.41) is 9.19. The molecule has 198 valence electrons. The highest BCUT2D eigenvalue weighted by Gasteiger charge is 2.31. The number of halogens is 1. The number of benzene rings is 2. The molecular formula is C30H39ClN4O2. The van der Waals surface area contributed by atoms with Crippen LogP contribution in [0.15, 0.2) is 36.4 Å². The monoisotopic (exact) mass is 522 g/mol. The summed E-state index contributed by atoms with van der Waals surface area (Å²) in [5.74, 6) is 3.66. The first kappa shape index (κ1) is 27.3. The molecule has 0 bridgehead atoms. The predicted molar refractivity (Wildman–Crippen MR) is 150 cm³/mol. The third-order valence-corrected chi connectivity index (χ3v) is 7.87. The van der Waals surface area contributed by atoms with E-state index in [2.05, 4.69) is 41.3 Å². The van der Waals surface area contributed by atoms with Crippen molar-refractivity contribution < 1.29 is 9.59 Å². The lowest BCUT2D eigenvalue weighted by Crippen LogP contribution is -2.48. The van der Waals surface area contributed by atoms with Gasteiger partial charge in [-0.05, 0) is 66.6 Å². The standard InChI is InChI=1S/C30H39ClN4O2/c1-3-22(4-2)21-35-17-12-27(33-28(30(35)37)13-16-34-14-6-5-7-15-34)20-32-29(36)25-9-8-24-19-26(31)11-10-23(24)18-25/h8-11,18-19,22,27-28,33H,3-7,12,14-15,17,20-21H2,1-2H3,(H,32,36)/t27-,28-/m0/s1. The molecule has 2 aliphatic rings. The van der Waals surface area contributed by atoms with Gasteiger partial charge in [0, 0.05) is 55.4 Å². The number of carbonyl (C=O) groups is 2. The second-order valence-electron chi connectivity index (χ2n) is 10.3. The van der Waals surface area contributed by atoms with Gasteiger partial charge in [-0.25, -0.2) is 0 Å². The molecule has 7 heteroatoms. The lowest BCUT2D eigenvalue weighted by Gasteiger charge is -2.26. The van der Waals surface area contributed by atoms with Gasteiger partial charge in [0.25, 0.3) is 11.8 Å². The minimum Gasteiger partial charge on any atom is -0.350 e. The van der Waals surface area contributed by atoms with Gasteiger partial charge in [0.1, 0.15) is 0 Å². The minimum absolute atomic E-state index is 0.0421. The number of nitrogens with zero attached hydrogens (tertiary/aromatic N) is 2. The Balaban J connectivity index is 1.44. The number of carbonyl (C=O) groups excluding carboxylic acids is 2. The maximum absolute atomic E-state index is 13.5. The number of likely N-dealkylation sites (tertiary alicyclic amines) is 1. The molecule has 6 nitrogen and oxygen atoms in total. The lowest BCUT2D eigenvalue weighted by molar-refractivity contribution is -0.132. The van der Waals surface area contributed by atoms with Crippen LogP contribution in [0.5, 0.6) is 0 Å². The second kappa shape index (κ2) is 13.2. The summed E-state index contributed by atoms with van der Waals surface area (Å²) in [6, 6.07) is 13.9. The first-order valence-corrected chi connectivity index (χ1v) is 14.1. The van der Waals surface area contributed by atoms with Gasteiger partial charge in [0.2, 0.25) is 0 Å². The van der Waals surface area contributed by atoms with Crippen LogP contribution in [-0.4, -0.2) is 66.4 Å². The van der Waals surface area contributed by atoms with Crippen LogP contribution in [0.3, 0.4) is 0 Å². The summed E-state index contributed by atoms with van der Waals surface area (Å²) in [5.41, 5.74) is 0.608. The van der Waals surface area contributed by atoms with E-state index in [0.717, 1.165) is 62.5 Å². The van der Waals surface area contributed by atoms with Crippen LogP contribution in [-0.2, 0) is 4.79 Å². The zero-order valence-corrected chi connectivity index (χ0v) is 22.8. The van der Waals surface area contributed by atoms with Crippen molar-refractivity contribution >= 4 is 34.2 Å². The van der Waals surface area contributed by atoms with Crippen molar-refractivity contribution in [3.05, 3.63) is 47.0 Å². The van der Waals surface area contributed by atoms with Crippen molar-refractivity contribution in [3.63, 3.8) is 0 Å². The highest BCUT2D eigenvalue weighted by Crippen LogP contribution is 2.21. The third-order valence-electron chi connectivity index (χ3n) is 7.64. The molecular weight excluding hydrogens is 484 g/mol. The maximum atomic E-state index is 13.5. The van der Waals surface area contributed by atoms with Crippen LogP contribution in [0.2, 0.25) is 5.02 Å². The Labute approximate surface area is 226 Å². The average molecular weight is 523 g/mol. The van der Waals surface area contributed by atoms with E-state index in [4.69, 9.17) is 11.6 Å². The summed E-state index contributed by atoms with van der Waals surface area (Å²) in [7, 11) is 0. The molecule has 2 aromatic rings. The number of piperidine rings is 1. The van der Waals surface area contributed by atoms with E-state index in [1.54, 1.807) is 0 Å². The van der Waals surface area contributed by atoms with Gasteiger partial charge in [-0.2, -0.15) is 0 Å². The quantitative estimate of drug-likeness (QED) is 0.519. The first-order valence-electron chi connectivity index (χ1n) is 13.7. The van der Waals surface area contributed by atoms with Crippen molar-refractivity contribution in [1.82, 2.24) is 20.4 Å². The molecule has 2 saturated heterocycles. The van der Waals surface area contributed by atoms with E-state index in [-0.39, 0.29) is 17.9 Å². The highest BCUT2D eigenvalue weighted by molar-refractivity contribution is 6.31. The van der Waals surface area contributed by atoms with Gasteiger partial charge in [0.15, 0.2) is 6.04 Å². The average Bonchev–Trinajstić information content (AvgIpc) is 3.07. The summed E-state index contributed by atoms with van der Waals surface area (Å²) in [6.07, 6.45) is 6.42. The molecule has 2 N–H and O–H groups in total. The number of fused-ring (bicyclic) bond motifs is 1. The molecule has 2 aliphatic heterocycles. The Morgan fingerprint density at radius 3 is 2.57 bits per heavy atom. The summed E-state index contributed by atoms with van der Waals surface area (Å²) in [6.45, 7) is 8.15. The Morgan fingerprint density at radius 2 is 1.81 bits per heavy atom.